The van der Waals surface area contributed by atoms with Crippen LogP contribution in [0.15, 0.2) is 18.2 Å². The molecule has 0 rings (SSSR count). The first-order valence-electron chi connectivity index (χ1n) is 5.57. The molecular formula is C13H23. The Kier molecular flexibility index (Phi) is 11.0. The molecule has 0 fully saturated rings. The van der Waals surface area contributed by atoms with Gasteiger partial charge in [-0.05, 0) is 25.8 Å². The molecule has 0 saturated carbocycles. The van der Waals surface area contributed by atoms with Gasteiger partial charge in [0.2, 0.25) is 0 Å². The Bertz CT molecular complexity index is 131. The molecule has 0 spiro atoms. The summed E-state index contributed by atoms with van der Waals surface area (Å²) in [6.07, 6.45) is 18.8. The Morgan fingerprint density at radius 1 is 1.00 bits per heavy atom. The predicted molar refractivity (Wildman–Crippen MR) is 60.6 cm³/mol. The van der Waals surface area contributed by atoms with Crippen LogP contribution in [0.3, 0.4) is 0 Å². The SMILES string of the molecule is C/[C]=C/C=CCCCCCCCC. The van der Waals surface area contributed by atoms with E-state index in [4.69, 9.17) is 0 Å². The molecule has 0 saturated heterocycles. The van der Waals surface area contributed by atoms with E-state index in [-0.39, 0.29) is 0 Å². The molecule has 0 atom stereocenters. The average Bonchev–Trinajstić information content (AvgIpc) is 2.16. The van der Waals surface area contributed by atoms with Crippen molar-refractivity contribution in [3.8, 4) is 0 Å². The molecule has 0 heterocycles. The van der Waals surface area contributed by atoms with Crippen LogP contribution in [0, 0.1) is 6.08 Å². The van der Waals surface area contributed by atoms with E-state index < -0.39 is 0 Å². The topological polar surface area (TPSA) is 0 Å². The normalized spacial score (nSPS) is 11.8. The van der Waals surface area contributed by atoms with E-state index in [1.807, 2.05) is 13.0 Å². The van der Waals surface area contributed by atoms with Gasteiger partial charge >= 0.3 is 0 Å². The summed E-state index contributed by atoms with van der Waals surface area (Å²) in [5, 5.41) is 0. The molecule has 0 nitrogen and oxygen atoms in total. The highest BCUT2D eigenvalue weighted by Crippen LogP contribution is 2.06. The monoisotopic (exact) mass is 179 g/mol. The second kappa shape index (κ2) is 11.5. The van der Waals surface area contributed by atoms with E-state index in [2.05, 4.69) is 25.2 Å². The minimum Gasteiger partial charge on any atom is -0.0845 e. The number of unbranched alkanes of at least 4 members (excludes halogenated alkanes) is 6. The Balaban J connectivity index is 2.99. The minimum absolute atomic E-state index is 1.23. The Labute approximate surface area is 83.7 Å². The summed E-state index contributed by atoms with van der Waals surface area (Å²) in [7, 11) is 0. The lowest BCUT2D eigenvalue weighted by atomic mass is 10.1. The molecule has 0 aromatic rings. The Morgan fingerprint density at radius 2 is 1.69 bits per heavy atom. The lowest BCUT2D eigenvalue weighted by Gasteiger charge is -1.97. The number of rotatable bonds is 8. The molecule has 0 bridgehead atoms. The first-order chi connectivity index (χ1) is 6.41. The summed E-state index contributed by atoms with van der Waals surface area (Å²) in [5.74, 6) is 0. The zero-order valence-corrected chi connectivity index (χ0v) is 9.18. The first kappa shape index (κ1) is 12.5. The summed E-state index contributed by atoms with van der Waals surface area (Å²) >= 11 is 0. The van der Waals surface area contributed by atoms with Gasteiger partial charge in [-0.25, -0.2) is 0 Å². The third-order valence-corrected chi connectivity index (χ3v) is 2.12. The molecule has 0 aromatic carbocycles. The van der Waals surface area contributed by atoms with Crippen molar-refractivity contribution in [2.24, 2.45) is 0 Å². The van der Waals surface area contributed by atoms with E-state index >= 15 is 0 Å². The van der Waals surface area contributed by atoms with Gasteiger partial charge in [-0.2, -0.15) is 0 Å². The first-order valence-corrected chi connectivity index (χ1v) is 5.57. The Morgan fingerprint density at radius 3 is 2.38 bits per heavy atom. The number of hydrogen-bond acceptors (Lipinski definition) is 0. The van der Waals surface area contributed by atoms with Crippen LogP contribution in [0.5, 0.6) is 0 Å². The molecule has 0 aliphatic carbocycles. The van der Waals surface area contributed by atoms with Crippen LogP contribution in [0.2, 0.25) is 0 Å². The van der Waals surface area contributed by atoms with Gasteiger partial charge in [0.1, 0.15) is 0 Å². The van der Waals surface area contributed by atoms with Gasteiger partial charge in [-0.1, -0.05) is 57.3 Å². The van der Waals surface area contributed by atoms with Crippen LogP contribution in [-0.4, -0.2) is 0 Å². The zero-order chi connectivity index (χ0) is 9.78. The second-order valence-corrected chi connectivity index (χ2v) is 3.44. The van der Waals surface area contributed by atoms with Crippen LogP contribution in [-0.2, 0) is 0 Å². The predicted octanol–water partition coefficient (Wildman–Crippen LogP) is 4.67. The van der Waals surface area contributed by atoms with Gasteiger partial charge in [-0.15, -0.1) is 0 Å². The molecule has 1 radical (unpaired) electrons. The second-order valence-electron chi connectivity index (χ2n) is 3.44. The Hall–Kier alpha value is -0.520. The molecule has 0 unspecified atom stereocenters. The third-order valence-electron chi connectivity index (χ3n) is 2.12. The van der Waals surface area contributed by atoms with Gasteiger partial charge in [0.25, 0.3) is 0 Å². The summed E-state index contributed by atoms with van der Waals surface area (Å²) in [6.45, 7) is 4.19. The van der Waals surface area contributed by atoms with Crippen molar-refractivity contribution in [2.45, 2.75) is 58.8 Å². The van der Waals surface area contributed by atoms with Crippen molar-refractivity contribution in [2.75, 3.05) is 0 Å². The van der Waals surface area contributed by atoms with Gasteiger partial charge in [-0.3, -0.25) is 0 Å². The van der Waals surface area contributed by atoms with Gasteiger partial charge in [0.05, 0.1) is 0 Å². The quantitative estimate of drug-likeness (QED) is 0.375. The highest BCUT2D eigenvalue weighted by molar-refractivity contribution is 4.97. The van der Waals surface area contributed by atoms with E-state index in [1.165, 1.54) is 44.9 Å². The van der Waals surface area contributed by atoms with Crippen LogP contribution < -0.4 is 0 Å². The van der Waals surface area contributed by atoms with E-state index in [9.17, 15) is 0 Å². The van der Waals surface area contributed by atoms with E-state index in [0.29, 0.717) is 0 Å². The van der Waals surface area contributed by atoms with Gasteiger partial charge < -0.3 is 0 Å². The smallest absolute Gasteiger partial charge is 0.0348 e. The highest BCUT2D eigenvalue weighted by Gasteiger charge is 1.87. The maximum Gasteiger partial charge on any atom is -0.0348 e. The highest BCUT2D eigenvalue weighted by atomic mass is 13.9. The van der Waals surface area contributed by atoms with Crippen LogP contribution in [0.4, 0.5) is 0 Å². The molecule has 0 heteroatoms. The van der Waals surface area contributed by atoms with Gasteiger partial charge in [0, 0.05) is 0 Å². The van der Waals surface area contributed by atoms with Crippen molar-refractivity contribution >= 4 is 0 Å². The molecule has 0 aliphatic rings. The summed E-state index contributed by atoms with van der Waals surface area (Å²) in [4.78, 5) is 0. The lowest BCUT2D eigenvalue weighted by molar-refractivity contribution is 0.611. The fourth-order valence-electron chi connectivity index (χ4n) is 1.30. The van der Waals surface area contributed by atoms with E-state index in [1.54, 1.807) is 0 Å². The lowest BCUT2D eigenvalue weighted by Crippen LogP contribution is -1.77. The van der Waals surface area contributed by atoms with Crippen molar-refractivity contribution in [1.82, 2.24) is 0 Å². The maximum atomic E-state index is 2.97. The minimum atomic E-state index is 1.23. The van der Waals surface area contributed by atoms with Crippen molar-refractivity contribution in [3.05, 3.63) is 24.3 Å². The van der Waals surface area contributed by atoms with Crippen LogP contribution in [0.25, 0.3) is 0 Å². The molecule has 0 N–H and O–H groups in total. The number of hydrogen-bond donors (Lipinski definition) is 0. The molecule has 75 valence electrons. The van der Waals surface area contributed by atoms with Gasteiger partial charge in [0.15, 0.2) is 0 Å². The average molecular weight is 179 g/mol. The fraction of sp³-hybridized carbons (Fsp3) is 0.692. The van der Waals surface area contributed by atoms with E-state index in [0.717, 1.165) is 0 Å². The summed E-state index contributed by atoms with van der Waals surface area (Å²) in [5.41, 5.74) is 0. The maximum absolute atomic E-state index is 2.97. The summed E-state index contributed by atoms with van der Waals surface area (Å²) in [6, 6.07) is 0. The molecule has 0 aromatic heterocycles. The third kappa shape index (κ3) is 11.5. The molecular weight excluding hydrogens is 156 g/mol. The van der Waals surface area contributed by atoms with Crippen molar-refractivity contribution in [3.63, 3.8) is 0 Å². The zero-order valence-electron chi connectivity index (χ0n) is 9.18. The number of allylic oxidation sites excluding steroid dienone is 4. The standard InChI is InChI=1S/C13H23/c1-3-5-7-9-11-13-12-10-8-6-4-2/h6,8,10H,3,5,7,9,11-13H2,1-2H3. The fourth-order valence-corrected chi connectivity index (χ4v) is 1.30. The molecule has 13 heavy (non-hydrogen) atoms. The van der Waals surface area contributed by atoms with Crippen LogP contribution >= 0.6 is 0 Å². The largest absolute Gasteiger partial charge is 0.0845 e. The molecule has 0 amide bonds. The molecule has 0 aliphatic heterocycles. The van der Waals surface area contributed by atoms with Crippen molar-refractivity contribution in [1.29, 1.82) is 0 Å². The van der Waals surface area contributed by atoms with Crippen molar-refractivity contribution < 1.29 is 0 Å². The van der Waals surface area contributed by atoms with Crippen LogP contribution in [0.1, 0.15) is 58.8 Å². The summed E-state index contributed by atoms with van der Waals surface area (Å²) < 4.78 is 0.